The first-order valence-corrected chi connectivity index (χ1v) is 6.15. The molecule has 11 heteroatoms. The van der Waals surface area contributed by atoms with Gasteiger partial charge in [0.15, 0.2) is 0 Å². The number of carbonyl (C=O) groups excluding carboxylic acids is 1. The summed E-state index contributed by atoms with van der Waals surface area (Å²) in [6.45, 7) is 1.12. The van der Waals surface area contributed by atoms with Crippen molar-refractivity contribution in [2.24, 2.45) is 0 Å². The normalized spacial score (nSPS) is 12.9. The lowest BCUT2D eigenvalue weighted by Crippen LogP contribution is -2.72. The van der Waals surface area contributed by atoms with Gasteiger partial charge < -0.3 is 10.6 Å². The standard InChI is InChI=1S/C11H10ClF6N3O/c1-2-8(22)21-9(10(13,14)15,11(16,17)18)20-7-4-3-6(12)5-19-7/h3-5H,2H2,1H3,(H,19,20)(H,21,22). The van der Waals surface area contributed by atoms with Gasteiger partial charge in [-0.25, -0.2) is 4.98 Å². The quantitative estimate of drug-likeness (QED) is 0.646. The van der Waals surface area contributed by atoms with Crippen LogP contribution in [0.2, 0.25) is 5.02 Å². The molecule has 1 amide bonds. The Balaban J connectivity index is 3.35. The van der Waals surface area contributed by atoms with Crippen LogP contribution in [-0.2, 0) is 4.79 Å². The predicted octanol–water partition coefficient (Wildman–Crippen LogP) is 3.49. The number of hydrogen-bond acceptors (Lipinski definition) is 3. The fourth-order valence-electron chi connectivity index (χ4n) is 1.41. The number of alkyl halides is 6. The van der Waals surface area contributed by atoms with Crippen molar-refractivity contribution in [1.29, 1.82) is 0 Å². The van der Waals surface area contributed by atoms with E-state index in [0.717, 1.165) is 30.6 Å². The van der Waals surface area contributed by atoms with Gasteiger partial charge >= 0.3 is 18.0 Å². The maximum atomic E-state index is 13.1. The third-order valence-electron chi connectivity index (χ3n) is 2.54. The lowest BCUT2D eigenvalue weighted by molar-refractivity contribution is -0.296. The molecule has 4 nitrogen and oxygen atoms in total. The molecule has 0 aliphatic carbocycles. The zero-order valence-electron chi connectivity index (χ0n) is 10.9. The molecule has 124 valence electrons. The molecule has 1 rings (SSSR count). The minimum Gasteiger partial charge on any atom is -0.332 e. The first kappa shape index (κ1) is 18.3. The van der Waals surface area contributed by atoms with Crippen molar-refractivity contribution < 1.29 is 31.1 Å². The highest BCUT2D eigenvalue weighted by Crippen LogP contribution is 2.43. The summed E-state index contributed by atoms with van der Waals surface area (Å²) in [7, 11) is 0. The number of carbonyl (C=O) groups is 1. The van der Waals surface area contributed by atoms with Gasteiger partial charge in [0.2, 0.25) is 5.91 Å². The second kappa shape index (κ2) is 6.19. The number of hydrogen-bond donors (Lipinski definition) is 2. The van der Waals surface area contributed by atoms with Crippen molar-refractivity contribution in [2.75, 3.05) is 5.32 Å². The van der Waals surface area contributed by atoms with Gasteiger partial charge in [0.25, 0.3) is 0 Å². The van der Waals surface area contributed by atoms with Gasteiger partial charge in [-0.2, -0.15) is 26.3 Å². The molecular weight excluding hydrogens is 340 g/mol. The molecule has 1 heterocycles. The molecule has 0 aromatic carbocycles. The summed E-state index contributed by atoms with van der Waals surface area (Å²) in [4.78, 5) is 14.5. The van der Waals surface area contributed by atoms with Crippen LogP contribution >= 0.6 is 11.6 Å². The van der Waals surface area contributed by atoms with Crippen LogP contribution in [0.25, 0.3) is 0 Å². The van der Waals surface area contributed by atoms with Crippen LogP contribution < -0.4 is 10.6 Å². The highest BCUT2D eigenvalue weighted by Gasteiger charge is 2.72. The predicted molar refractivity (Wildman–Crippen MR) is 66.1 cm³/mol. The fourth-order valence-corrected chi connectivity index (χ4v) is 1.53. The van der Waals surface area contributed by atoms with Crippen LogP contribution in [0.4, 0.5) is 32.2 Å². The third kappa shape index (κ3) is 3.73. The van der Waals surface area contributed by atoms with E-state index in [0.29, 0.717) is 0 Å². The second-order valence-electron chi connectivity index (χ2n) is 4.13. The molecule has 0 saturated heterocycles. The van der Waals surface area contributed by atoms with Gasteiger partial charge in [0, 0.05) is 12.6 Å². The SMILES string of the molecule is CCC(=O)NC(Nc1ccc(Cl)cn1)(C(F)(F)F)C(F)(F)F. The van der Waals surface area contributed by atoms with E-state index < -0.39 is 36.2 Å². The monoisotopic (exact) mass is 349 g/mol. The number of nitrogens with one attached hydrogen (secondary N) is 2. The van der Waals surface area contributed by atoms with Gasteiger partial charge in [0.05, 0.1) is 5.02 Å². The molecule has 1 aromatic heterocycles. The lowest BCUT2D eigenvalue weighted by atomic mass is 10.1. The highest BCUT2D eigenvalue weighted by molar-refractivity contribution is 6.30. The Morgan fingerprint density at radius 2 is 1.73 bits per heavy atom. The molecule has 0 aliphatic heterocycles. The van der Waals surface area contributed by atoms with Gasteiger partial charge in [-0.15, -0.1) is 0 Å². The fraction of sp³-hybridized carbons (Fsp3) is 0.455. The van der Waals surface area contributed by atoms with Crippen molar-refractivity contribution >= 4 is 23.3 Å². The minimum atomic E-state index is -5.86. The molecule has 0 spiro atoms. The number of halogens is 7. The third-order valence-corrected chi connectivity index (χ3v) is 2.76. The largest absolute Gasteiger partial charge is 0.439 e. The van der Waals surface area contributed by atoms with E-state index in [1.54, 1.807) is 0 Å². The average molecular weight is 350 g/mol. The Hall–Kier alpha value is -1.71. The van der Waals surface area contributed by atoms with Crippen LogP contribution in [0.3, 0.4) is 0 Å². The smallest absolute Gasteiger partial charge is 0.332 e. The maximum absolute atomic E-state index is 13.1. The number of nitrogens with zero attached hydrogens (tertiary/aromatic N) is 1. The molecule has 0 fully saturated rings. The van der Waals surface area contributed by atoms with Crippen LogP contribution in [0.1, 0.15) is 13.3 Å². The maximum Gasteiger partial charge on any atom is 0.439 e. The number of pyridine rings is 1. The first-order chi connectivity index (χ1) is 9.93. The summed E-state index contributed by atoms with van der Waals surface area (Å²) in [6, 6.07) is 1.88. The summed E-state index contributed by atoms with van der Waals surface area (Å²) in [6.07, 6.45) is -11.4. The summed E-state index contributed by atoms with van der Waals surface area (Å²) in [5.41, 5.74) is -4.66. The van der Waals surface area contributed by atoms with Gasteiger partial charge in [-0.3, -0.25) is 4.79 Å². The molecule has 0 bridgehead atoms. The summed E-state index contributed by atoms with van der Waals surface area (Å²) >= 11 is 5.47. The number of anilines is 1. The summed E-state index contributed by atoms with van der Waals surface area (Å²) in [5, 5.41) is 2.18. The molecule has 2 N–H and O–H groups in total. The Bertz CT molecular complexity index is 514. The van der Waals surface area contributed by atoms with E-state index in [2.05, 4.69) is 4.98 Å². The summed E-state index contributed by atoms with van der Waals surface area (Å²) in [5.74, 6) is -2.19. The minimum absolute atomic E-state index is 0.0211. The number of rotatable bonds is 4. The van der Waals surface area contributed by atoms with Crippen molar-refractivity contribution in [3.63, 3.8) is 0 Å². The summed E-state index contributed by atoms with van der Waals surface area (Å²) < 4.78 is 78.5. The Morgan fingerprint density at radius 1 is 1.18 bits per heavy atom. The van der Waals surface area contributed by atoms with Crippen LogP contribution in [0.15, 0.2) is 18.3 Å². The van der Waals surface area contributed by atoms with Crippen molar-refractivity contribution in [2.45, 2.75) is 31.4 Å². The zero-order chi connectivity index (χ0) is 17.2. The molecule has 0 atom stereocenters. The van der Waals surface area contributed by atoms with E-state index in [1.807, 2.05) is 0 Å². The molecule has 0 unspecified atom stereocenters. The lowest BCUT2D eigenvalue weighted by Gasteiger charge is -2.38. The second-order valence-corrected chi connectivity index (χ2v) is 4.57. The van der Waals surface area contributed by atoms with E-state index in [1.165, 1.54) is 5.32 Å². The molecular formula is C11H10ClF6N3O. The topological polar surface area (TPSA) is 54.0 Å². The Kier molecular flexibility index (Phi) is 5.16. The van der Waals surface area contributed by atoms with E-state index in [4.69, 9.17) is 11.6 Å². The Morgan fingerprint density at radius 3 is 2.09 bits per heavy atom. The van der Waals surface area contributed by atoms with Crippen molar-refractivity contribution in [3.05, 3.63) is 23.4 Å². The van der Waals surface area contributed by atoms with Crippen LogP contribution in [0, 0.1) is 0 Å². The van der Waals surface area contributed by atoms with Gasteiger partial charge in [-0.1, -0.05) is 18.5 Å². The van der Waals surface area contributed by atoms with Gasteiger partial charge in [0.1, 0.15) is 5.82 Å². The van der Waals surface area contributed by atoms with Gasteiger partial charge in [-0.05, 0) is 12.1 Å². The van der Waals surface area contributed by atoms with Crippen LogP contribution in [0.5, 0.6) is 0 Å². The number of aromatic nitrogens is 1. The molecule has 0 radical (unpaired) electrons. The van der Waals surface area contributed by atoms with Crippen LogP contribution in [-0.4, -0.2) is 28.9 Å². The average Bonchev–Trinajstić information content (AvgIpc) is 2.37. The van der Waals surface area contributed by atoms with Crippen molar-refractivity contribution in [3.8, 4) is 0 Å². The molecule has 1 aromatic rings. The first-order valence-electron chi connectivity index (χ1n) is 5.77. The molecule has 22 heavy (non-hydrogen) atoms. The number of amides is 1. The zero-order valence-corrected chi connectivity index (χ0v) is 11.7. The van der Waals surface area contributed by atoms with E-state index in [9.17, 15) is 31.1 Å². The Labute approximate surface area is 125 Å². The highest BCUT2D eigenvalue weighted by atomic mass is 35.5. The van der Waals surface area contributed by atoms with E-state index >= 15 is 0 Å². The molecule has 0 aliphatic rings. The van der Waals surface area contributed by atoms with E-state index in [-0.39, 0.29) is 5.02 Å². The molecule has 0 saturated carbocycles. The van der Waals surface area contributed by atoms with Crippen molar-refractivity contribution in [1.82, 2.24) is 10.3 Å².